The molecule has 2 N–H and O–H groups in total. The monoisotopic (exact) mass is 458 g/mol. The fourth-order valence-corrected chi connectivity index (χ4v) is 10.2. The average Bonchev–Trinajstić information content (AvgIpc) is 3.17. The van der Waals surface area contributed by atoms with Crippen molar-refractivity contribution in [2.24, 2.45) is 39.4 Å². The van der Waals surface area contributed by atoms with Gasteiger partial charge in [-0.15, -0.1) is 0 Å². The van der Waals surface area contributed by atoms with Crippen molar-refractivity contribution in [3.05, 3.63) is 11.1 Å². The maximum absolute atomic E-state index is 10.8. The summed E-state index contributed by atoms with van der Waals surface area (Å²) in [5.74, 6) is 1.72. The van der Waals surface area contributed by atoms with Crippen LogP contribution in [-0.2, 0) is 4.74 Å². The molecule has 0 bridgehead atoms. The molecule has 3 nitrogen and oxygen atoms in total. The van der Waals surface area contributed by atoms with Gasteiger partial charge in [-0.3, -0.25) is 0 Å². The highest BCUT2D eigenvalue weighted by atomic mass is 16.5. The van der Waals surface area contributed by atoms with E-state index in [1.54, 1.807) is 5.57 Å². The van der Waals surface area contributed by atoms with Gasteiger partial charge in [-0.2, -0.15) is 0 Å². The van der Waals surface area contributed by atoms with Gasteiger partial charge in [-0.25, -0.2) is 0 Å². The number of ether oxygens (including phenoxy) is 1. The molecule has 188 valence electrons. The number of hydrogen-bond acceptors (Lipinski definition) is 3. The lowest BCUT2D eigenvalue weighted by Crippen LogP contribution is -2.55. The number of aliphatic hydroxyl groups is 2. The lowest BCUT2D eigenvalue weighted by Gasteiger charge is -2.62. The molecule has 5 rings (SSSR count). The summed E-state index contributed by atoms with van der Waals surface area (Å²) in [6, 6.07) is 0. The van der Waals surface area contributed by atoms with E-state index in [0.29, 0.717) is 23.2 Å². The Bertz CT molecular complexity index is 841. The van der Waals surface area contributed by atoms with E-state index in [1.165, 1.54) is 38.5 Å². The predicted octanol–water partition coefficient (Wildman–Crippen LogP) is 6.66. The highest BCUT2D eigenvalue weighted by molar-refractivity contribution is 5.38. The molecule has 2 saturated carbocycles. The molecule has 0 aromatic rings. The summed E-state index contributed by atoms with van der Waals surface area (Å²) in [5, 5.41) is 21.4. The van der Waals surface area contributed by atoms with Gasteiger partial charge in [0, 0.05) is 6.42 Å². The molecule has 0 spiro atoms. The van der Waals surface area contributed by atoms with Crippen LogP contribution in [0, 0.1) is 39.4 Å². The Morgan fingerprint density at radius 3 is 2.15 bits per heavy atom. The van der Waals surface area contributed by atoms with Crippen molar-refractivity contribution < 1.29 is 14.9 Å². The zero-order chi connectivity index (χ0) is 24.2. The standard InChI is InChI=1S/C30H50O3/c1-18(22-17-25(32)27(4,5)33-22)19-11-15-30(8)21-9-10-23-26(2,3)24(31)13-14-28(23,6)20(21)12-16-29(19,30)7/h18-19,22-25,31-32H,9-17H2,1-8H3. The highest BCUT2D eigenvalue weighted by Gasteiger charge is 2.64. The van der Waals surface area contributed by atoms with Crippen molar-refractivity contribution >= 4 is 0 Å². The third-order valence-corrected chi connectivity index (χ3v) is 12.7. The number of fused-ring (bicyclic) bond motifs is 4. The van der Waals surface area contributed by atoms with Crippen LogP contribution in [0.1, 0.15) is 113 Å². The first-order valence-corrected chi connectivity index (χ1v) is 14.0. The number of aliphatic hydroxyl groups excluding tert-OH is 2. The lowest BCUT2D eigenvalue weighted by atomic mass is 9.43. The van der Waals surface area contributed by atoms with Gasteiger partial charge in [-0.1, -0.05) is 52.7 Å². The first kappa shape index (κ1) is 24.3. The van der Waals surface area contributed by atoms with Gasteiger partial charge in [0.25, 0.3) is 0 Å². The fourth-order valence-electron chi connectivity index (χ4n) is 10.2. The van der Waals surface area contributed by atoms with E-state index in [1.807, 2.05) is 19.4 Å². The fraction of sp³-hybridized carbons (Fsp3) is 0.933. The van der Waals surface area contributed by atoms with Crippen molar-refractivity contribution in [3.63, 3.8) is 0 Å². The molecule has 1 aliphatic heterocycles. The Morgan fingerprint density at radius 1 is 0.818 bits per heavy atom. The maximum atomic E-state index is 10.8. The minimum atomic E-state index is -0.421. The highest BCUT2D eigenvalue weighted by Crippen LogP contribution is 2.72. The molecule has 3 heteroatoms. The quantitative estimate of drug-likeness (QED) is 0.455. The van der Waals surface area contributed by atoms with Crippen LogP contribution in [0.3, 0.4) is 0 Å². The summed E-state index contributed by atoms with van der Waals surface area (Å²) < 4.78 is 6.43. The van der Waals surface area contributed by atoms with E-state index >= 15 is 0 Å². The molecule has 0 aromatic heterocycles. The van der Waals surface area contributed by atoms with Gasteiger partial charge < -0.3 is 14.9 Å². The van der Waals surface area contributed by atoms with Crippen LogP contribution in [0.2, 0.25) is 0 Å². The first-order valence-electron chi connectivity index (χ1n) is 14.0. The smallest absolute Gasteiger partial charge is 0.0889 e. The third-order valence-electron chi connectivity index (χ3n) is 12.7. The van der Waals surface area contributed by atoms with Crippen molar-refractivity contribution in [1.82, 2.24) is 0 Å². The van der Waals surface area contributed by atoms with Gasteiger partial charge in [-0.05, 0) is 105 Å². The molecular weight excluding hydrogens is 408 g/mol. The molecule has 0 amide bonds. The molecule has 5 aliphatic rings. The van der Waals surface area contributed by atoms with Crippen molar-refractivity contribution in [3.8, 4) is 0 Å². The molecule has 0 aromatic carbocycles. The van der Waals surface area contributed by atoms with Gasteiger partial charge in [0.15, 0.2) is 0 Å². The minimum absolute atomic E-state index is 0.00730. The molecule has 4 aliphatic carbocycles. The Kier molecular flexibility index (Phi) is 5.40. The summed E-state index contributed by atoms with van der Waals surface area (Å²) in [5.41, 5.74) is 4.03. The topological polar surface area (TPSA) is 49.7 Å². The second kappa shape index (κ2) is 7.32. The second-order valence-electron chi connectivity index (χ2n) is 14.6. The van der Waals surface area contributed by atoms with E-state index < -0.39 is 5.60 Å². The molecule has 3 fully saturated rings. The summed E-state index contributed by atoms with van der Waals surface area (Å²) in [4.78, 5) is 0. The van der Waals surface area contributed by atoms with Crippen LogP contribution >= 0.6 is 0 Å². The van der Waals surface area contributed by atoms with Crippen molar-refractivity contribution in [1.29, 1.82) is 0 Å². The minimum Gasteiger partial charge on any atom is -0.393 e. The van der Waals surface area contributed by atoms with Crippen molar-refractivity contribution in [2.75, 3.05) is 0 Å². The Morgan fingerprint density at radius 2 is 1.52 bits per heavy atom. The van der Waals surface area contributed by atoms with Crippen LogP contribution in [-0.4, -0.2) is 34.1 Å². The normalized spacial score (nSPS) is 51.6. The van der Waals surface area contributed by atoms with Gasteiger partial charge in [0.05, 0.1) is 23.9 Å². The van der Waals surface area contributed by atoms with Crippen LogP contribution in [0.5, 0.6) is 0 Å². The van der Waals surface area contributed by atoms with E-state index in [2.05, 4.69) is 41.5 Å². The molecule has 33 heavy (non-hydrogen) atoms. The largest absolute Gasteiger partial charge is 0.393 e. The summed E-state index contributed by atoms with van der Waals surface area (Å²) in [7, 11) is 0. The van der Waals surface area contributed by atoms with E-state index in [4.69, 9.17) is 4.74 Å². The molecule has 1 heterocycles. The number of hydrogen-bond donors (Lipinski definition) is 2. The third kappa shape index (κ3) is 3.10. The molecular formula is C30H50O3. The van der Waals surface area contributed by atoms with Crippen molar-refractivity contribution in [2.45, 2.75) is 137 Å². The summed E-state index contributed by atoms with van der Waals surface area (Å²) >= 11 is 0. The molecule has 0 radical (unpaired) electrons. The predicted molar refractivity (Wildman–Crippen MR) is 134 cm³/mol. The Hall–Kier alpha value is -0.380. The summed E-state index contributed by atoms with van der Waals surface area (Å²) in [6.45, 7) is 18.9. The molecule has 9 atom stereocenters. The van der Waals surface area contributed by atoms with E-state index in [-0.39, 0.29) is 34.6 Å². The lowest BCUT2D eigenvalue weighted by molar-refractivity contribution is -0.101. The first-order chi connectivity index (χ1) is 15.2. The van der Waals surface area contributed by atoms with Gasteiger partial charge in [0.2, 0.25) is 0 Å². The second-order valence-corrected chi connectivity index (χ2v) is 14.6. The zero-order valence-electron chi connectivity index (χ0n) is 22.6. The van der Waals surface area contributed by atoms with Crippen LogP contribution < -0.4 is 0 Å². The summed E-state index contributed by atoms with van der Waals surface area (Å²) in [6.07, 6.45) is 10.1. The van der Waals surface area contributed by atoms with Crippen LogP contribution in [0.25, 0.3) is 0 Å². The van der Waals surface area contributed by atoms with Crippen LogP contribution in [0.4, 0.5) is 0 Å². The number of rotatable bonds is 2. The molecule has 9 unspecified atom stereocenters. The average molecular weight is 459 g/mol. The maximum Gasteiger partial charge on any atom is 0.0889 e. The number of allylic oxidation sites excluding steroid dienone is 2. The van der Waals surface area contributed by atoms with Gasteiger partial charge >= 0.3 is 0 Å². The van der Waals surface area contributed by atoms with E-state index in [0.717, 1.165) is 19.3 Å². The SMILES string of the molecule is CC(C1CC(O)C(C)(C)O1)C1CCC2(C)C3=C(CCC12C)C1(C)CCC(O)C(C)(C)C1CC3. The Labute approximate surface area is 202 Å². The molecule has 1 saturated heterocycles. The Balaban J connectivity index is 1.47. The van der Waals surface area contributed by atoms with Gasteiger partial charge in [0.1, 0.15) is 0 Å². The van der Waals surface area contributed by atoms with Crippen LogP contribution in [0.15, 0.2) is 11.1 Å². The van der Waals surface area contributed by atoms with E-state index in [9.17, 15) is 10.2 Å². The zero-order valence-corrected chi connectivity index (χ0v) is 22.6.